The Hall–Kier alpha value is -3.42. The van der Waals surface area contributed by atoms with E-state index in [1.165, 1.54) is 0 Å². The summed E-state index contributed by atoms with van der Waals surface area (Å²) in [5, 5.41) is 3.23. The van der Waals surface area contributed by atoms with Crippen molar-refractivity contribution in [2.24, 2.45) is 0 Å². The number of anilines is 4. The predicted molar refractivity (Wildman–Crippen MR) is 105 cm³/mol. The van der Waals surface area contributed by atoms with Crippen LogP contribution in [0.25, 0.3) is 0 Å². The van der Waals surface area contributed by atoms with Crippen molar-refractivity contribution in [1.82, 2.24) is 19.9 Å². The third kappa shape index (κ3) is 3.89. The molecule has 0 unspecified atom stereocenters. The molecule has 2 aromatic heterocycles. The molecule has 1 fully saturated rings. The van der Waals surface area contributed by atoms with Gasteiger partial charge in [-0.15, -0.1) is 0 Å². The van der Waals surface area contributed by atoms with Crippen molar-refractivity contribution in [2.45, 2.75) is 0 Å². The number of ether oxygens (including phenoxy) is 1. The smallest absolute Gasteiger partial charge is 0.229 e. The van der Waals surface area contributed by atoms with E-state index in [9.17, 15) is 0 Å². The van der Waals surface area contributed by atoms with Gasteiger partial charge in [0.2, 0.25) is 11.9 Å². The summed E-state index contributed by atoms with van der Waals surface area (Å²) in [6.45, 7) is 3.40. The van der Waals surface area contributed by atoms with Crippen molar-refractivity contribution >= 4 is 23.4 Å². The van der Waals surface area contributed by atoms with Crippen LogP contribution in [0.15, 0.2) is 55.0 Å². The lowest BCUT2D eigenvalue weighted by atomic mass is 10.3. The quantitative estimate of drug-likeness (QED) is 0.740. The highest BCUT2D eigenvalue weighted by Gasteiger charge is 2.20. The fourth-order valence-electron chi connectivity index (χ4n) is 3.04. The fourth-order valence-corrected chi connectivity index (χ4v) is 3.04. The van der Waals surface area contributed by atoms with Gasteiger partial charge in [0.25, 0.3) is 0 Å². The topological polar surface area (TPSA) is 79.3 Å². The minimum absolute atomic E-state index is 0.547. The van der Waals surface area contributed by atoms with E-state index in [-0.39, 0.29) is 0 Å². The van der Waals surface area contributed by atoms with Crippen LogP contribution in [0.1, 0.15) is 0 Å². The highest BCUT2D eigenvalue weighted by molar-refractivity contribution is 5.63. The van der Waals surface area contributed by atoms with Crippen molar-refractivity contribution in [3.63, 3.8) is 0 Å². The maximum atomic E-state index is 5.37. The summed E-state index contributed by atoms with van der Waals surface area (Å²) in [6, 6.07) is 11.5. The van der Waals surface area contributed by atoms with Gasteiger partial charge in [-0.05, 0) is 24.3 Å². The molecule has 1 N–H and O–H groups in total. The predicted octanol–water partition coefficient (Wildman–Crippen LogP) is 2.35. The van der Waals surface area contributed by atoms with Gasteiger partial charge in [0.1, 0.15) is 11.6 Å². The van der Waals surface area contributed by atoms with Crippen molar-refractivity contribution in [3.8, 4) is 5.75 Å². The van der Waals surface area contributed by atoms with Gasteiger partial charge in [-0.2, -0.15) is 4.98 Å². The van der Waals surface area contributed by atoms with Crippen LogP contribution in [0.5, 0.6) is 5.75 Å². The molecule has 0 spiro atoms. The number of benzene rings is 1. The molecule has 0 aliphatic carbocycles. The Morgan fingerprint density at radius 2 is 1.59 bits per heavy atom. The Morgan fingerprint density at radius 1 is 0.852 bits per heavy atom. The first-order valence-electron chi connectivity index (χ1n) is 8.83. The van der Waals surface area contributed by atoms with E-state index in [2.05, 4.69) is 35.1 Å². The molecule has 8 heteroatoms. The number of nitrogens with zero attached hydrogens (tertiary/aromatic N) is 6. The van der Waals surface area contributed by atoms with Crippen molar-refractivity contribution in [3.05, 3.63) is 55.0 Å². The minimum Gasteiger partial charge on any atom is -0.495 e. The second kappa shape index (κ2) is 7.86. The first-order chi connectivity index (χ1) is 13.3. The first kappa shape index (κ1) is 17.0. The molecular weight excluding hydrogens is 342 g/mol. The Bertz CT molecular complexity index is 882. The van der Waals surface area contributed by atoms with Crippen LogP contribution in [0.3, 0.4) is 0 Å². The average molecular weight is 363 g/mol. The lowest BCUT2D eigenvalue weighted by molar-refractivity contribution is 0.417. The van der Waals surface area contributed by atoms with Gasteiger partial charge in [-0.25, -0.2) is 15.0 Å². The van der Waals surface area contributed by atoms with Crippen LogP contribution >= 0.6 is 0 Å². The van der Waals surface area contributed by atoms with Crippen LogP contribution < -0.4 is 19.9 Å². The highest BCUT2D eigenvalue weighted by atomic mass is 16.5. The van der Waals surface area contributed by atoms with E-state index >= 15 is 0 Å². The Labute approximate surface area is 157 Å². The molecule has 0 bridgehead atoms. The standard InChI is InChI=1S/C19H21N7O/c1-27-16-6-3-2-5-15(16)23-18-20-10-7-17(24-18)25-11-13-26(14-12-25)19-21-8-4-9-22-19/h2-10H,11-14H2,1H3,(H,20,23,24). The van der Waals surface area contributed by atoms with Crippen molar-refractivity contribution in [1.29, 1.82) is 0 Å². The molecule has 1 aliphatic heterocycles. The van der Waals surface area contributed by atoms with E-state index in [1.807, 2.05) is 36.4 Å². The number of aromatic nitrogens is 4. The zero-order valence-electron chi connectivity index (χ0n) is 15.1. The second-order valence-corrected chi connectivity index (χ2v) is 6.09. The Balaban J connectivity index is 1.44. The molecule has 1 aromatic carbocycles. The molecule has 1 aliphatic rings. The lowest BCUT2D eigenvalue weighted by Gasteiger charge is -2.35. The SMILES string of the molecule is COc1ccccc1Nc1nccc(N2CCN(c3ncccn3)CC2)n1. The summed E-state index contributed by atoms with van der Waals surface area (Å²) in [5.74, 6) is 2.98. The van der Waals surface area contributed by atoms with E-state index < -0.39 is 0 Å². The largest absolute Gasteiger partial charge is 0.495 e. The number of hydrogen-bond donors (Lipinski definition) is 1. The third-order valence-corrected chi connectivity index (χ3v) is 4.43. The van der Waals surface area contributed by atoms with E-state index in [4.69, 9.17) is 4.74 Å². The molecule has 0 radical (unpaired) electrons. The first-order valence-corrected chi connectivity index (χ1v) is 8.83. The van der Waals surface area contributed by atoms with E-state index in [0.29, 0.717) is 5.95 Å². The van der Waals surface area contributed by atoms with Gasteiger partial charge < -0.3 is 19.9 Å². The maximum absolute atomic E-state index is 5.37. The minimum atomic E-state index is 0.547. The molecule has 0 amide bonds. The third-order valence-electron chi connectivity index (χ3n) is 4.43. The molecule has 27 heavy (non-hydrogen) atoms. The molecule has 3 heterocycles. The van der Waals surface area contributed by atoms with E-state index in [0.717, 1.165) is 49.4 Å². The number of para-hydroxylation sites is 2. The van der Waals surface area contributed by atoms with Gasteiger partial charge in [-0.3, -0.25) is 0 Å². The number of hydrogen-bond acceptors (Lipinski definition) is 8. The Morgan fingerprint density at radius 3 is 2.37 bits per heavy atom. The molecule has 3 aromatic rings. The molecule has 0 saturated carbocycles. The summed E-state index contributed by atoms with van der Waals surface area (Å²) in [6.07, 6.45) is 5.32. The summed E-state index contributed by atoms with van der Waals surface area (Å²) >= 11 is 0. The lowest BCUT2D eigenvalue weighted by Crippen LogP contribution is -2.47. The average Bonchev–Trinajstić information content (AvgIpc) is 2.75. The normalized spacial score (nSPS) is 14.1. The molecular formula is C19H21N7O. The number of rotatable bonds is 5. The van der Waals surface area contributed by atoms with Crippen LogP contribution in [-0.4, -0.2) is 53.2 Å². The van der Waals surface area contributed by atoms with Crippen LogP contribution in [0, 0.1) is 0 Å². The summed E-state index contributed by atoms with van der Waals surface area (Å²) in [5.41, 5.74) is 0.836. The summed E-state index contributed by atoms with van der Waals surface area (Å²) in [4.78, 5) is 22.1. The zero-order chi connectivity index (χ0) is 18.5. The molecule has 1 saturated heterocycles. The van der Waals surface area contributed by atoms with Gasteiger partial charge in [-0.1, -0.05) is 12.1 Å². The number of nitrogens with one attached hydrogen (secondary N) is 1. The Kier molecular flexibility index (Phi) is 4.95. The van der Waals surface area contributed by atoms with Gasteiger partial charge >= 0.3 is 0 Å². The van der Waals surface area contributed by atoms with Gasteiger partial charge in [0.05, 0.1) is 12.8 Å². The summed E-state index contributed by atoms with van der Waals surface area (Å²) < 4.78 is 5.37. The van der Waals surface area contributed by atoms with Crippen LogP contribution in [0.2, 0.25) is 0 Å². The number of methoxy groups -OCH3 is 1. The van der Waals surface area contributed by atoms with Crippen molar-refractivity contribution in [2.75, 3.05) is 48.4 Å². The fraction of sp³-hybridized carbons (Fsp3) is 0.263. The monoisotopic (exact) mass is 363 g/mol. The van der Waals surface area contributed by atoms with Crippen molar-refractivity contribution < 1.29 is 4.74 Å². The highest BCUT2D eigenvalue weighted by Crippen LogP contribution is 2.26. The maximum Gasteiger partial charge on any atom is 0.229 e. The molecule has 4 rings (SSSR count). The van der Waals surface area contributed by atoms with Gasteiger partial charge in [0, 0.05) is 44.8 Å². The second-order valence-electron chi connectivity index (χ2n) is 6.09. The van der Waals surface area contributed by atoms with E-state index in [1.54, 1.807) is 25.7 Å². The van der Waals surface area contributed by atoms with Gasteiger partial charge in [0.15, 0.2) is 0 Å². The summed E-state index contributed by atoms with van der Waals surface area (Å²) in [7, 11) is 1.65. The zero-order valence-corrected chi connectivity index (χ0v) is 15.1. The van der Waals surface area contributed by atoms with Crippen LogP contribution in [0.4, 0.5) is 23.4 Å². The molecule has 0 atom stereocenters. The molecule has 8 nitrogen and oxygen atoms in total. The number of piperazine rings is 1. The van der Waals surface area contributed by atoms with Crippen LogP contribution in [-0.2, 0) is 0 Å². The molecule has 138 valence electrons.